The van der Waals surface area contributed by atoms with Crippen LogP contribution in [-0.4, -0.2) is 21.7 Å². The Balaban J connectivity index is 2.72. The van der Waals surface area contributed by atoms with Gasteiger partial charge in [0.25, 0.3) is 5.56 Å². The highest BCUT2D eigenvalue weighted by Gasteiger charge is 2.32. The van der Waals surface area contributed by atoms with E-state index in [1.807, 2.05) is 11.0 Å². The first-order valence-corrected chi connectivity index (χ1v) is 6.87. The molecule has 0 spiro atoms. The predicted octanol–water partition coefficient (Wildman–Crippen LogP) is 0.580. The Morgan fingerprint density at radius 1 is 1.25 bits per heavy atom. The normalized spacial score (nSPS) is 18.6. The van der Waals surface area contributed by atoms with E-state index in [4.69, 9.17) is 0 Å². The molecule has 108 valence electrons. The molecule has 1 fully saturated rings. The third-order valence-electron chi connectivity index (χ3n) is 4.09. The highest BCUT2D eigenvalue weighted by molar-refractivity contribution is 5.55. The summed E-state index contributed by atoms with van der Waals surface area (Å²) in [5, 5.41) is 9.32. The maximum absolute atomic E-state index is 12.1. The zero-order valence-electron chi connectivity index (χ0n) is 12.4. The van der Waals surface area contributed by atoms with E-state index in [1.54, 1.807) is 7.05 Å². The van der Waals surface area contributed by atoms with E-state index in [9.17, 15) is 14.9 Å². The first-order chi connectivity index (χ1) is 9.40. The summed E-state index contributed by atoms with van der Waals surface area (Å²) >= 11 is 0. The van der Waals surface area contributed by atoms with Gasteiger partial charge >= 0.3 is 5.69 Å². The van der Waals surface area contributed by atoms with Gasteiger partial charge in [0.05, 0.1) is 0 Å². The fraction of sp³-hybridized carbons (Fsp3) is 0.643. The van der Waals surface area contributed by atoms with Crippen molar-refractivity contribution in [2.75, 3.05) is 11.4 Å². The molecule has 0 aromatic carbocycles. The maximum Gasteiger partial charge on any atom is 0.332 e. The molecule has 2 rings (SSSR count). The Bertz CT molecular complexity index is 678. The van der Waals surface area contributed by atoms with Gasteiger partial charge in [-0.15, -0.1) is 0 Å². The van der Waals surface area contributed by atoms with Crippen molar-refractivity contribution in [1.82, 2.24) is 9.13 Å². The van der Waals surface area contributed by atoms with Crippen molar-refractivity contribution < 1.29 is 0 Å². The average molecular weight is 276 g/mol. The van der Waals surface area contributed by atoms with E-state index >= 15 is 0 Å². The topological polar surface area (TPSA) is 71.0 Å². The van der Waals surface area contributed by atoms with Gasteiger partial charge in [-0.25, -0.2) is 4.79 Å². The van der Waals surface area contributed by atoms with Crippen LogP contribution in [0.2, 0.25) is 0 Å². The molecule has 1 unspecified atom stereocenters. The number of hydrogen-bond acceptors (Lipinski definition) is 4. The lowest BCUT2D eigenvalue weighted by molar-refractivity contribution is 0.483. The first-order valence-electron chi connectivity index (χ1n) is 6.87. The van der Waals surface area contributed by atoms with Gasteiger partial charge in [-0.1, -0.05) is 13.8 Å². The van der Waals surface area contributed by atoms with Crippen molar-refractivity contribution in [3.05, 3.63) is 26.4 Å². The fourth-order valence-electron chi connectivity index (χ4n) is 3.02. The van der Waals surface area contributed by atoms with Gasteiger partial charge in [0.1, 0.15) is 11.9 Å². The summed E-state index contributed by atoms with van der Waals surface area (Å²) in [5.41, 5.74) is -0.847. The minimum atomic E-state index is -0.514. The van der Waals surface area contributed by atoms with Gasteiger partial charge in [0, 0.05) is 26.7 Å². The Hall–Kier alpha value is -2.03. The second-order valence-electron chi connectivity index (χ2n) is 5.66. The lowest BCUT2D eigenvalue weighted by atomic mass is 10.0. The third kappa shape index (κ3) is 2.03. The van der Waals surface area contributed by atoms with E-state index < -0.39 is 11.2 Å². The number of rotatable bonds is 2. The van der Waals surface area contributed by atoms with Crippen LogP contribution in [-0.2, 0) is 14.1 Å². The van der Waals surface area contributed by atoms with Gasteiger partial charge in [-0.2, -0.15) is 5.26 Å². The summed E-state index contributed by atoms with van der Waals surface area (Å²) in [6.07, 6.45) is 2.03. The van der Waals surface area contributed by atoms with E-state index in [-0.39, 0.29) is 11.6 Å². The zero-order chi connectivity index (χ0) is 15.0. The van der Waals surface area contributed by atoms with Crippen molar-refractivity contribution in [3.63, 3.8) is 0 Å². The SMILES string of the molecule is CC(C)C1CCCN1c1c(C#N)c(=O)n(C)c(=O)n1C. The molecule has 20 heavy (non-hydrogen) atoms. The number of aromatic nitrogens is 2. The van der Waals surface area contributed by atoms with Gasteiger partial charge in [-0.05, 0) is 18.8 Å². The largest absolute Gasteiger partial charge is 0.353 e. The zero-order valence-corrected chi connectivity index (χ0v) is 12.4. The lowest BCUT2D eigenvalue weighted by Crippen LogP contribution is -2.44. The van der Waals surface area contributed by atoms with Crippen LogP contribution in [0.4, 0.5) is 5.82 Å². The monoisotopic (exact) mass is 276 g/mol. The molecule has 0 aliphatic carbocycles. The summed E-state index contributed by atoms with van der Waals surface area (Å²) in [6, 6.07) is 2.24. The number of nitrogens with zero attached hydrogens (tertiary/aromatic N) is 4. The van der Waals surface area contributed by atoms with Crippen LogP contribution >= 0.6 is 0 Å². The van der Waals surface area contributed by atoms with Crippen LogP contribution in [0.1, 0.15) is 32.3 Å². The molecule has 0 N–H and O–H groups in total. The second kappa shape index (κ2) is 5.16. The molecule has 6 nitrogen and oxygen atoms in total. The Morgan fingerprint density at radius 2 is 1.90 bits per heavy atom. The summed E-state index contributed by atoms with van der Waals surface area (Å²) in [4.78, 5) is 26.3. The molecule has 1 saturated heterocycles. The second-order valence-corrected chi connectivity index (χ2v) is 5.66. The van der Waals surface area contributed by atoms with Crippen LogP contribution in [0, 0.1) is 17.2 Å². The van der Waals surface area contributed by atoms with Crippen LogP contribution in [0.15, 0.2) is 9.59 Å². The molecule has 0 amide bonds. The van der Waals surface area contributed by atoms with Gasteiger partial charge in [-0.3, -0.25) is 13.9 Å². The van der Waals surface area contributed by atoms with Crippen LogP contribution < -0.4 is 16.1 Å². The van der Waals surface area contributed by atoms with E-state index in [0.717, 1.165) is 24.0 Å². The van der Waals surface area contributed by atoms with Crippen LogP contribution in [0.5, 0.6) is 0 Å². The molecule has 1 aliphatic rings. The standard InChI is InChI=1S/C14H20N4O2/c1-9(2)11-6-5-7-18(11)12-10(8-15)13(19)17(4)14(20)16(12)3/h9,11H,5-7H2,1-4H3. The molecular weight excluding hydrogens is 256 g/mol. The van der Waals surface area contributed by atoms with Crippen LogP contribution in [0.3, 0.4) is 0 Å². The molecule has 1 aromatic heterocycles. The molecule has 1 aromatic rings. The van der Waals surface area contributed by atoms with Crippen molar-refractivity contribution in [3.8, 4) is 6.07 Å². The molecular formula is C14H20N4O2. The van der Waals surface area contributed by atoms with Crippen molar-refractivity contribution >= 4 is 5.82 Å². The third-order valence-corrected chi connectivity index (χ3v) is 4.09. The molecule has 1 aliphatic heterocycles. The average Bonchev–Trinajstić information content (AvgIpc) is 2.89. The Morgan fingerprint density at radius 3 is 2.45 bits per heavy atom. The van der Waals surface area contributed by atoms with E-state index in [1.165, 1.54) is 11.6 Å². The molecule has 0 saturated carbocycles. The summed E-state index contributed by atoms with van der Waals surface area (Å²) in [6.45, 7) is 5.01. The number of nitriles is 1. The van der Waals surface area contributed by atoms with E-state index in [0.29, 0.717) is 11.7 Å². The maximum atomic E-state index is 12.1. The molecule has 0 radical (unpaired) electrons. The molecule has 0 bridgehead atoms. The van der Waals surface area contributed by atoms with Gasteiger partial charge in [0.2, 0.25) is 0 Å². The highest BCUT2D eigenvalue weighted by Crippen LogP contribution is 2.29. The Labute approximate surface area is 117 Å². The Kier molecular flexibility index (Phi) is 3.71. The van der Waals surface area contributed by atoms with Crippen molar-refractivity contribution in [1.29, 1.82) is 5.26 Å². The summed E-state index contributed by atoms with van der Waals surface area (Å²) in [7, 11) is 3.02. The lowest BCUT2D eigenvalue weighted by Gasteiger charge is -2.31. The fourth-order valence-corrected chi connectivity index (χ4v) is 3.02. The van der Waals surface area contributed by atoms with Crippen LogP contribution in [0.25, 0.3) is 0 Å². The molecule has 2 heterocycles. The van der Waals surface area contributed by atoms with Gasteiger partial charge < -0.3 is 4.90 Å². The minimum Gasteiger partial charge on any atom is -0.353 e. The number of anilines is 1. The smallest absolute Gasteiger partial charge is 0.332 e. The highest BCUT2D eigenvalue weighted by atomic mass is 16.2. The van der Waals surface area contributed by atoms with Crippen molar-refractivity contribution in [2.24, 2.45) is 20.0 Å². The van der Waals surface area contributed by atoms with Crippen molar-refractivity contribution in [2.45, 2.75) is 32.7 Å². The molecule has 1 atom stereocenters. The van der Waals surface area contributed by atoms with Gasteiger partial charge in [0.15, 0.2) is 5.56 Å². The van der Waals surface area contributed by atoms with E-state index in [2.05, 4.69) is 13.8 Å². The minimum absolute atomic E-state index is 0.0575. The summed E-state index contributed by atoms with van der Waals surface area (Å²) in [5.74, 6) is 0.875. The summed E-state index contributed by atoms with van der Waals surface area (Å²) < 4.78 is 2.41. The quantitative estimate of drug-likeness (QED) is 0.792. The molecule has 6 heteroatoms. The predicted molar refractivity (Wildman–Crippen MR) is 76.8 cm³/mol. The first kappa shape index (κ1) is 14.4. The number of hydrogen-bond donors (Lipinski definition) is 0.